The average molecular weight is 329 g/mol. The van der Waals surface area contributed by atoms with Gasteiger partial charge in [-0.2, -0.15) is 0 Å². The van der Waals surface area contributed by atoms with Crippen molar-refractivity contribution in [1.82, 2.24) is 19.4 Å². The molecule has 0 atom stereocenters. The molecule has 0 saturated heterocycles. The van der Waals surface area contributed by atoms with E-state index in [1.165, 1.54) is 5.69 Å². The Balaban J connectivity index is 2.00. The molecule has 0 saturated carbocycles. The zero-order valence-electron chi connectivity index (χ0n) is 14.8. The quantitative estimate of drug-likeness (QED) is 0.938. The number of nitrogens with one attached hydrogen (secondary N) is 1. The minimum atomic E-state index is 0.351. The normalized spacial score (nSPS) is 16.2. The highest BCUT2D eigenvalue weighted by atomic mass is 16.5. The summed E-state index contributed by atoms with van der Waals surface area (Å²) in [5, 5.41) is 3.54. The summed E-state index contributed by atoms with van der Waals surface area (Å²) < 4.78 is 7.56. The molecule has 130 valence electrons. The summed E-state index contributed by atoms with van der Waals surface area (Å²) in [7, 11) is 1.75. The highest BCUT2D eigenvalue weighted by Gasteiger charge is 2.19. The Morgan fingerprint density at radius 3 is 2.96 bits per heavy atom. The zero-order chi connectivity index (χ0) is 16.9. The Labute approximate surface area is 143 Å². The lowest BCUT2D eigenvalue weighted by Crippen LogP contribution is -2.32. The average Bonchev–Trinajstić information content (AvgIpc) is 2.98. The van der Waals surface area contributed by atoms with Gasteiger partial charge in [-0.15, -0.1) is 0 Å². The lowest BCUT2D eigenvalue weighted by atomic mass is 10.2. The molecule has 0 amide bonds. The minimum absolute atomic E-state index is 0.351. The molecule has 1 aliphatic rings. The number of methoxy groups -OCH3 is 1. The van der Waals surface area contributed by atoms with Gasteiger partial charge in [-0.3, -0.25) is 9.47 Å². The predicted molar refractivity (Wildman–Crippen MR) is 95.7 cm³/mol. The van der Waals surface area contributed by atoms with E-state index in [1.807, 2.05) is 18.5 Å². The summed E-state index contributed by atoms with van der Waals surface area (Å²) in [5.74, 6) is 2.37. The van der Waals surface area contributed by atoms with E-state index in [1.54, 1.807) is 7.11 Å². The van der Waals surface area contributed by atoms with E-state index in [9.17, 15) is 0 Å². The van der Waals surface area contributed by atoms with Crippen LogP contribution in [0.5, 0.6) is 0 Å². The van der Waals surface area contributed by atoms with Crippen molar-refractivity contribution in [2.75, 3.05) is 38.8 Å². The van der Waals surface area contributed by atoms with Gasteiger partial charge < -0.3 is 10.1 Å². The summed E-state index contributed by atoms with van der Waals surface area (Å²) >= 11 is 0. The summed E-state index contributed by atoms with van der Waals surface area (Å²) in [4.78, 5) is 11.7. The smallest absolute Gasteiger partial charge is 0.161 e. The predicted octanol–water partition coefficient (Wildman–Crippen LogP) is 2.65. The van der Waals surface area contributed by atoms with Gasteiger partial charge in [0.25, 0.3) is 0 Å². The standard InChI is InChI=1S/C18H27N5O/c1-14(2)17-21-12-15-6-5-10-22(13-24-3)11-9-19-16-7-4-8-20-18(16)23(15)17/h4,7-8,12,14,19H,5-6,9-11,13H2,1-3H3. The zero-order valence-corrected chi connectivity index (χ0v) is 14.8. The number of hydrogen-bond acceptors (Lipinski definition) is 5. The third kappa shape index (κ3) is 3.60. The first-order valence-corrected chi connectivity index (χ1v) is 8.67. The van der Waals surface area contributed by atoms with Gasteiger partial charge in [-0.05, 0) is 25.0 Å². The molecule has 3 rings (SSSR count). The number of aryl methyl sites for hydroxylation is 1. The fourth-order valence-electron chi connectivity index (χ4n) is 3.20. The molecule has 1 aliphatic heterocycles. The highest BCUT2D eigenvalue weighted by molar-refractivity contribution is 5.58. The van der Waals surface area contributed by atoms with Gasteiger partial charge in [0, 0.05) is 50.7 Å². The molecular weight excluding hydrogens is 302 g/mol. The van der Waals surface area contributed by atoms with Gasteiger partial charge in [0.15, 0.2) is 5.82 Å². The molecule has 3 heterocycles. The third-order valence-corrected chi connectivity index (χ3v) is 4.34. The van der Waals surface area contributed by atoms with Gasteiger partial charge in [-0.25, -0.2) is 9.97 Å². The van der Waals surface area contributed by atoms with Crippen molar-refractivity contribution in [2.45, 2.75) is 32.6 Å². The third-order valence-electron chi connectivity index (χ3n) is 4.34. The van der Waals surface area contributed by atoms with Crippen LogP contribution in [0.4, 0.5) is 5.69 Å². The fraction of sp³-hybridized carbons (Fsp3) is 0.556. The van der Waals surface area contributed by atoms with Crippen molar-refractivity contribution < 1.29 is 4.74 Å². The van der Waals surface area contributed by atoms with Crippen molar-refractivity contribution in [1.29, 1.82) is 0 Å². The molecule has 6 heteroatoms. The first kappa shape index (κ1) is 16.9. The number of ether oxygens (including phenoxy) is 1. The number of rotatable bonds is 3. The molecule has 0 aromatic carbocycles. The van der Waals surface area contributed by atoms with Crippen molar-refractivity contribution >= 4 is 5.69 Å². The summed E-state index contributed by atoms with van der Waals surface area (Å²) in [6, 6.07) is 4.07. The van der Waals surface area contributed by atoms with E-state index in [0.717, 1.165) is 49.8 Å². The molecule has 0 radical (unpaired) electrons. The van der Waals surface area contributed by atoms with Crippen LogP contribution in [0.3, 0.4) is 0 Å². The van der Waals surface area contributed by atoms with Gasteiger partial charge in [0.2, 0.25) is 0 Å². The van der Waals surface area contributed by atoms with Crippen LogP contribution < -0.4 is 5.32 Å². The molecule has 24 heavy (non-hydrogen) atoms. The Bertz CT molecular complexity index is 667. The Morgan fingerprint density at radius 1 is 1.29 bits per heavy atom. The minimum Gasteiger partial charge on any atom is -0.381 e. The van der Waals surface area contributed by atoms with Gasteiger partial charge in [0.05, 0.1) is 12.4 Å². The van der Waals surface area contributed by atoms with E-state index in [-0.39, 0.29) is 0 Å². The molecule has 2 aromatic heterocycles. The number of nitrogens with zero attached hydrogens (tertiary/aromatic N) is 4. The maximum Gasteiger partial charge on any atom is 0.161 e. The second-order valence-corrected chi connectivity index (χ2v) is 6.54. The maximum atomic E-state index is 5.32. The molecule has 0 fully saturated rings. The number of imidazole rings is 1. The van der Waals surface area contributed by atoms with Gasteiger partial charge in [-0.1, -0.05) is 13.8 Å². The molecule has 2 aromatic rings. The van der Waals surface area contributed by atoms with Crippen LogP contribution >= 0.6 is 0 Å². The molecular formula is C18H27N5O. The first-order valence-electron chi connectivity index (χ1n) is 8.67. The van der Waals surface area contributed by atoms with E-state index in [0.29, 0.717) is 12.6 Å². The monoisotopic (exact) mass is 329 g/mol. The molecule has 0 spiro atoms. The lowest BCUT2D eigenvalue weighted by molar-refractivity contribution is 0.0653. The second kappa shape index (κ2) is 7.77. The second-order valence-electron chi connectivity index (χ2n) is 6.54. The Hall–Kier alpha value is -1.92. The maximum absolute atomic E-state index is 5.32. The van der Waals surface area contributed by atoms with E-state index in [2.05, 4.69) is 44.7 Å². The number of fused-ring (bicyclic) bond motifs is 3. The van der Waals surface area contributed by atoms with Crippen molar-refractivity contribution in [3.05, 3.63) is 36.0 Å². The van der Waals surface area contributed by atoms with Crippen LogP contribution in [0.1, 0.15) is 37.7 Å². The van der Waals surface area contributed by atoms with E-state index >= 15 is 0 Å². The van der Waals surface area contributed by atoms with Gasteiger partial charge >= 0.3 is 0 Å². The summed E-state index contributed by atoms with van der Waals surface area (Å²) in [6.07, 6.45) is 5.92. The number of aromatic nitrogens is 3. The van der Waals surface area contributed by atoms with Crippen molar-refractivity contribution in [3.8, 4) is 5.82 Å². The molecule has 1 N–H and O–H groups in total. The molecule has 6 nitrogen and oxygen atoms in total. The number of anilines is 1. The number of hydrogen-bond donors (Lipinski definition) is 1. The van der Waals surface area contributed by atoms with Crippen LogP contribution in [0.25, 0.3) is 5.82 Å². The Morgan fingerprint density at radius 2 is 2.17 bits per heavy atom. The van der Waals surface area contributed by atoms with Crippen LogP contribution in [-0.4, -0.2) is 52.9 Å². The summed E-state index contributed by atoms with van der Waals surface area (Å²) in [6.45, 7) is 7.85. The van der Waals surface area contributed by atoms with E-state index in [4.69, 9.17) is 4.74 Å². The van der Waals surface area contributed by atoms with Gasteiger partial charge in [0.1, 0.15) is 5.82 Å². The van der Waals surface area contributed by atoms with Crippen LogP contribution in [-0.2, 0) is 11.2 Å². The molecule has 0 aliphatic carbocycles. The first-order chi connectivity index (χ1) is 11.7. The largest absolute Gasteiger partial charge is 0.381 e. The Kier molecular flexibility index (Phi) is 5.48. The van der Waals surface area contributed by atoms with Crippen molar-refractivity contribution in [2.24, 2.45) is 0 Å². The summed E-state index contributed by atoms with van der Waals surface area (Å²) in [5.41, 5.74) is 2.28. The number of pyridine rings is 1. The SMILES string of the molecule is COCN1CCCc2cnc(C(C)C)n2-c2ncccc2NCC1. The van der Waals surface area contributed by atoms with Crippen LogP contribution in [0.2, 0.25) is 0 Å². The van der Waals surface area contributed by atoms with Crippen LogP contribution in [0, 0.1) is 0 Å². The fourth-order valence-corrected chi connectivity index (χ4v) is 3.20. The highest BCUT2D eigenvalue weighted by Crippen LogP contribution is 2.26. The van der Waals surface area contributed by atoms with Crippen LogP contribution in [0.15, 0.2) is 24.5 Å². The van der Waals surface area contributed by atoms with E-state index < -0.39 is 0 Å². The molecule has 0 bridgehead atoms. The molecule has 0 unspecified atom stereocenters. The van der Waals surface area contributed by atoms with Crippen molar-refractivity contribution in [3.63, 3.8) is 0 Å². The lowest BCUT2D eigenvalue weighted by Gasteiger charge is -2.21. The topological polar surface area (TPSA) is 55.2 Å².